The van der Waals surface area contributed by atoms with Crippen molar-refractivity contribution in [1.82, 2.24) is 13.7 Å². The van der Waals surface area contributed by atoms with Gasteiger partial charge < -0.3 is 13.7 Å². The first-order valence-corrected chi connectivity index (χ1v) is 17.8. The van der Waals surface area contributed by atoms with Gasteiger partial charge >= 0.3 is 0 Å². The number of nitrogens with zero attached hydrogens (tertiary/aromatic N) is 3. The average Bonchev–Trinajstić information content (AvgIpc) is 4.12. The van der Waals surface area contributed by atoms with Crippen molar-refractivity contribution in [2.75, 3.05) is 0 Å². The van der Waals surface area contributed by atoms with Crippen molar-refractivity contribution in [2.24, 2.45) is 0 Å². The summed E-state index contributed by atoms with van der Waals surface area (Å²) in [6.07, 6.45) is 0. The molecule has 0 saturated carbocycles. The van der Waals surface area contributed by atoms with E-state index in [0.29, 0.717) is 0 Å². The zero-order valence-electron chi connectivity index (χ0n) is 51.3. The molecule has 0 saturated heterocycles. The molecule has 0 spiro atoms. The number of aromatic nitrogens is 3. The molecule has 0 fully saturated rings. The Kier molecular flexibility index (Phi) is 3.72. The molecule has 0 atom stereocenters. The minimum Gasteiger partial charge on any atom is -0.309 e. The fourth-order valence-electron chi connectivity index (χ4n) is 7.87. The molecule has 9 aromatic carbocycles. The molecule has 57 heavy (non-hydrogen) atoms. The largest absolute Gasteiger partial charge is 0.309 e. The fourth-order valence-corrected chi connectivity index (χ4v) is 7.87. The topological polar surface area (TPSA) is 14.8 Å². The Balaban J connectivity index is 1.28. The summed E-state index contributed by atoms with van der Waals surface area (Å²) in [4.78, 5) is 0. The molecule has 0 aliphatic heterocycles. The lowest BCUT2D eigenvalue weighted by molar-refractivity contribution is 1.17. The lowest BCUT2D eigenvalue weighted by Crippen LogP contribution is -1.98. The first-order valence-electron chi connectivity index (χ1n) is 28.8. The molecule has 3 aromatic heterocycles. The average molecular weight is 748 g/mol. The van der Waals surface area contributed by atoms with Gasteiger partial charge in [0.1, 0.15) is 0 Å². The molecule has 3 heteroatoms. The van der Waals surface area contributed by atoms with Gasteiger partial charge in [0, 0.05) is 38.0 Å². The van der Waals surface area contributed by atoms with Crippen molar-refractivity contribution in [3.63, 3.8) is 0 Å². The lowest BCUT2D eigenvalue weighted by atomic mass is 10.0. The van der Waals surface area contributed by atoms with E-state index in [1.165, 1.54) is 4.57 Å². The second kappa shape index (κ2) is 12.5. The van der Waals surface area contributed by atoms with Crippen LogP contribution < -0.4 is 0 Å². The van der Waals surface area contributed by atoms with Gasteiger partial charge in [-0.2, -0.15) is 0 Å². The van der Waals surface area contributed by atoms with Crippen molar-refractivity contribution >= 4 is 65.4 Å². The van der Waals surface area contributed by atoms with Gasteiger partial charge in [-0.25, -0.2) is 0 Å². The summed E-state index contributed by atoms with van der Waals surface area (Å²) in [5.74, 6) is 0. The molecule has 0 unspecified atom stereocenters. The SMILES string of the molecule is [2H]c1c([2H])c([2H])c2c(c1[2H])c1c(-n3c4c([2H])c([2H])c([2H])c([2H])c4c4c(-n5c6c([2H])c([2H])c([2H])c([2H])c6c6c([2H])c([2H])c([2H])c([2H])c65)c([2H])c([2H])c([2H])c43)c([2H])c([2H])c([2H])c1n2-c1ccc(-c2ccc(-c3ccccc3)cc2)cc1. The molecule has 0 aliphatic carbocycles. The van der Waals surface area contributed by atoms with Gasteiger partial charge in [0.25, 0.3) is 0 Å². The van der Waals surface area contributed by atoms with E-state index in [2.05, 4.69) is 0 Å². The van der Waals surface area contributed by atoms with Crippen molar-refractivity contribution in [3.8, 4) is 39.3 Å². The maximum Gasteiger partial charge on any atom is 0.0645 e. The van der Waals surface area contributed by atoms with E-state index in [1.807, 2.05) is 54.6 Å². The standard InChI is InChI=1S/C54H35N3/c1-2-14-36(15-3-1)37-28-30-38(31-29-37)39-32-34-40(35-33-39)55-47-22-10-6-18-43(47)53-49(55)24-12-26-51(53)57-48-23-11-7-19-44(48)54-50(25-13-27-52(54)57)56-45-20-8-4-16-41(45)42-17-5-9-21-46(42)56/h1-35H/i4D,5D,6D,7D,8D,9D,10D,11D,12D,13D,16D,17D,18D,19D,20D,21D,22D,23D,24D,25D,26D,27D. The Bertz CT molecular complexity index is 4700. The Hall–Kier alpha value is -7.62. The quantitative estimate of drug-likeness (QED) is 0.167. The first kappa shape index (κ1) is 17.0. The van der Waals surface area contributed by atoms with Gasteiger partial charge in [0.2, 0.25) is 0 Å². The number of fused-ring (bicyclic) bond motifs is 9. The van der Waals surface area contributed by atoms with Crippen LogP contribution in [0, 0.1) is 0 Å². The van der Waals surface area contributed by atoms with Crippen molar-refractivity contribution in [1.29, 1.82) is 0 Å². The Morgan fingerprint density at radius 3 is 1.14 bits per heavy atom. The molecular formula is C54H35N3. The molecule has 0 aliphatic rings. The predicted molar refractivity (Wildman–Crippen MR) is 240 cm³/mol. The van der Waals surface area contributed by atoms with E-state index in [4.69, 9.17) is 13.7 Å². The second-order valence-electron chi connectivity index (χ2n) is 13.3. The summed E-state index contributed by atoms with van der Waals surface area (Å²) in [6.45, 7) is 0. The van der Waals surface area contributed by atoms with Gasteiger partial charge in [-0.15, -0.1) is 0 Å². The second-order valence-corrected chi connectivity index (χ2v) is 13.3. The number of hydrogen-bond donors (Lipinski definition) is 0. The molecule has 12 aromatic rings. The highest BCUT2D eigenvalue weighted by atomic mass is 15.0. The van der Waals surface area contributed by atoms with Crippen LogP contribution in [0.25, 0.3) is 105 Å². The smallest absolute Gasteiger partial charge is 0.0645 e. The number of hydrogen-bond acceptors (Lipinski definition) is 0. The fraction of sp³-hybridized carbons (Fsp3) is 0. The van der Waals surface area contributed by atoms with Gasteiger partial charge in [0.15, 0.2) is 0 Å². The molecule has 12 rings (SSSR count). The number of rotatable bonds is 5. The highest BCUT2D eigenvalue weighted by Crippen LogP contribution is 2.43. The van der Waals surface area contributed by atoms with Crippen molar-refractivity contribution < 1.29 is 30.2 Å². The van der Waals surface area contributed by atoms with E-state index in [0.717, 1.165) is 31.4 Å². The number of benzene rings is 9. The molecular weight excluding hydrogens is 691 g/mol. The van der Waals surface area contributed by atoms with E-state index in [-0.39, 0.29) is 27.5 Å². The van der Waals surface area contributed by atoms with Crippen LogP contribution in [-0.2, 0) is 0 Å². The summed E-state index contributed by atoms with van der Waals surface area (Å²) in [6, 6.07) is 6.90. The summed E-state index contributed by atoms with van der Waals surface area (Å²) < 4.78 is 206. The molecule has 0 bridgehead atoms. The summed E-state index contributed by atoms with van der Waals surface area (Å²) >= 11 is 0. The van der Waals surface area contributed by atoms with Gasteiger partial charge in [0.05, 0.1) is 74.6 Å². The third-order valence-corrected chi connectivity index (χ3v) is 10.3. The van der Waals surface area contributed by atoms with Crippen LogP contribution in [-0.4, -0.2) is 13.7 Å². The van der Waals surface area contributed by atoms with E-state index in [1.54, 1.807) is 24.3 Å². The summed E-state index contributed by atoms with van der Waals surface area (Å²) in [5.41, 5.74) is -0.0770. The van der Waals surface area contributed by atoms with E-state index >= 15 is 0 Å². The third-order valence-electron chi connectivity index (χ3n) is 10.3. The maximum absolute atomic E-state index is 9.79. The lowest BCUT2D eigenvalue weighted by Gasteiger charge is -2.13. The van der Waals surface area contributed by atoms with Crippen molar-refractivity contribution in [2.45, 2.75) is 0 Å². The van der Waals surface area contributed by atoms with Crippen molar-refractivity contribution in [3.05, 3.63) is 212 Å². The van der Waals surface area contributed by atoms with E-state index in [9.17, 15) is 16.4 Å². The zero-order valence-corrected chi connectivity index (χ0v) is 29.3. The molecule has 0 amide bonds. The summed E-state index contributed by atoms with van der Waals surface area (Å²) in [5, 5.41) is -2.49. The van der Waals surface area contributed by atoms with E-state index < -0.39 is 188 Å². The highest BCUT2D eigenvalue weighted by molar-refractivity contribution is 6.19. The predicted octanol–water partition coefficient (Wildman–Crippen LogP) is 14.3. The van der Waals surface area contributed by atoms with Crippen LogP contribution in [0.5, 0.6) is 0 Å². The van der Waals surface area contributed by atoms with Crippen LogP contribution >= 0.6 is 0 Å². The van der Waals surface area contributed by atoms with Crippen LogP contribution in [0.2, 0.25) is 0 Å². The molecule has 266 valence electrons. The van der Waals surface area contributed by atoms with Gasteiger partial charge in [-0.05, 0) is 82.7 Å². The highest BCUT2D eigenvalue weighted by Gasteiger charge is 2.22. The monoisotopic (exact) mass is 747 g/mol. The third kappa shape index (κ3) is 4.73. The molecule has 0 N–H and O–H groups in total. The normalized spacial score (nSPS) is 17.3. The van der Waals surface area contributed by atoms with Crippen LogP contribution in [0.15, 0.2) is 212 Å². The molecule has 0 radical (unpaired) electrons. The Morgan fingerprint density at radius 1 is 0.281 bits per heavy atom. The minimum absolute atomic E-state index is 0.224. The molecule has 3 heterocycles. The first-order chi connectivity index (χ1) is 37.5. The Morgan fingerprint density at radius 2 is 0.632 bits per heavy atom. The van der Waals surface area contributed by atoms with Gasteiger partial charge in [-0.3, -0.25) is 0 Å². The minimum atomic E-state index is -0.941. The van der Waals surface area contributed by atoms with Gasteiger partial charge in [-0.1, -0.05) is 151 Å². The summed E-state index contributed by atoms with van der Waals surface area (Å²) in [7, 11) is 0. The number of para-hydroxylation sites is 4. The van der Waals surface area contributed by atoms with Crippen LogP contribution in [0.3, 0.4) is 0 Å². The maximum atomic E-state index is 9.79. The van der Waals surface area contributed by atoms with Crippen LogP contribution in [0.1, 0.15) is 30.2 Å². The van der Waals surface area contributed by atoms with Crippen LogP contribution in [0.4, 0.5) is 0 Å². The molecule has 3 nitrogen and oxygen atoms in total. The zero-order chi connectivity index (χ0) is 56.6. The Labute approximate surface area is 360 Å².